The Morgan fingerprint density at radius 2 is 1.67 bits per heavy atom. The zero-order chi connectivity index (χ0) is 23.0. The fraction of sp³-hybridized carbons (Fsp3) is 0.222. The van der Waals surface area contributed by atoms with Gasteiger partial charge in [0.15, 0.2) is 5.82 Å². The van der Waals surface area contributed by atoms with Gasteiger partial charge in [0.25, 0.3) is 5.91 Å². The first-order valence-electron chi connectivity index (χ1n) is 11.1. The van der Waals surface area contributed by atoms with E-state index >= 15 is 0 Å². The van der Waals surface area contributed by atoms with Crippen molar-refractivity contribution in [2.75, 3.05) is 0 Å². The van der Waals surface area contributed by atoms with Crippen molar-refractivity contribution < 1.29 is 9.59 Å². The van der Waals surface area contributed by atoms with Crippen LogP contribution in [0.3, 0.4) is 0 Å². The van der Waals surface area contributed by atoms with E-state index in [-0.39, 0.29) is 11.8 Å². The van der Waals surface area contributed by atoms with Crippen LogP contribution in [-0.4, -0.2) is 31.8 Å². The van der Waals surface area contributed by atoms with Gasteiger partial charge in [0.2, 0.25) is 5.91 Å². The Balaban J connectivity index is 1.53. The highest BCUT2D eigenvalue weighted by Gasteiger charge is 2.48. The summed E-state index contributed by atoms with van der Waals surface area (Å²) in [6.07, 6.45) is 0. The number of aryl methyl sites for hydroxylation is 1. The van der Waals surface area contributed by atoms with Crippen molar-refractivity contribution in [2.24, 2.45) is 0 Å². The van der Waals surface area contributed by atoms with E-state index in [1.54, 1.807) is 4.90 Å². The van der Waals surface area contributed by atoms with Crippen LogP contribution >= 0.6 is 0 Å². The van der Waals surface area contributed by atoms with E-state index in [0.29, 0.717) is 25.5 Å². The van der Waals surface area contributed by atoms with E-state index in [9.17, 15) is 9.59 Å². The zero-order valence-electron chi connectivity index (χ0n) is 18.8. The van der Waals surface area contributed by atoms with Crippen molar-refractivity contribution >= 4 is 22.8 Å². The highest BCUT2D eigenvalue weighted by Crippen LogP contribution is 2.32. The van der Waals surface area contributed by atoms with E-state index in [2.05, 4.69) is 10.3 Å². The first-order valence-corrected chi connectivity index (χ1v) is 11.1. The molecular weight excluding hydrogens is 412 g/mol. The third-order valence-corrected chi connectivity index (χ3v) is 6.40. The molecular formula is C27H26N4O2. The molecule has 33 heavy (non-hydrogen) atoms. The molecule has 0 saturated heterocycles. The van der Waals surface area contributed by atoms with Crippen molar-refractivity contribution in [1.29, 1.82) is 0 Å². The van der Waals surface area contributed by atoms with Gasteiger partial charge in [-0.25, -0.2) is 4.98 Å². The highest BCUT2D eigenvalue weighted by molar-refractivity contribution is 6.01. The van der Waals surface area contributed by atoms with Gasteiger partial charge in [0.1, 0.15) is 5.54 Å². The molecule has 1 aliphatic heterocycles. The lowest BCUT2D eigenvalue weighted by Gasteiger charge is -2.43. The molecule has 6 nitrogen and oxygen atoms in total. The van der Waals surface area contributed by atoms with Crippen molar-refractivity contribution in [3.8, 4) is 0 Å². The molecule has 4 aromatic rings. The van der Waals surface area contributed by atoms with Gasteiger partial charge in [0, 0.05) is 13.1 Å². The van der Waals surface area contributed by atoms with Crippen LogP contribution < -0.4 is 5.32 Å². The smallest absolute Gasteiger partial charge is 0.291 e. The lowest BCUT2D eigenvalue weighted by atomic mass is 9.94. The zero-order valence-corrected chi connectivity index (χ0v) is 18.8. The number of imidazole rings is 1. The molecule has 2 amide bonds. The number of carbonyl (C=O) groups is 2. The van der Waals surface area contributed by atoms with Gasteiger partial charge >= 0.3 is 0 Å². The molecule has 3 aromatic carbocycles. The summed E-state index contributed by atoms with van der Waals surface area (Å²) in [5.41, 5.74) is 3.67. The predicted molar refractivity (Wildman–Crippen MR) is 127 cm³/mol. The van der Waals surface area contributed by atoms with Gasteiger partial charge < -0.3 is 14.8 Å². The molecule has 6 heteroatoms. The summed E-state index contributed by atoms with van der Waals surface area (Å²) in [6, 6.07) is 25.5. The second kappa shape index (κ2) is 8.20. The molecule has 1 atom stereocenters. The second-order valence-corrected chi connectivity index (χ2v) is 8.83. The van der Waals surface area contributed by atoms with Crippen molar-refractivity contribution in [3.63, 3.8) is 0 Å². The monoisotopic (exact) mass is 438 g/mol. The molecule has 5 rings (SSSR count). The third kappa shape index (κ3) is 3.78. The summed E-state index contributed by atoms with van der Waals surface area (Å²) in [6.45, 7) is 4.94. The first-order chi connectivity index (χ1) is 16.0. The molecule has 0 unspecified atom stereocenters. The summed E-state index contributed by atoms with van der Waals surface area (Å²) in [7, 11) is 0. The number of nitrogens with zero attached hydrogens (tertiary/aromatic N) is 3. The fourth-order valence-corrected chi connectivity index (χ4v) is 4.42. The summed E-state index contributed by atoms with van der Waals surface area (Å²) in [5.74, 6) is -0.0534. The molecule has 2 heterocycles. The third-order valence-electron chi connectivity index (χ3n) is 6.40. The molecule has 0 saturated carbocycles. The predicted octanol–water partition coefficient (Wildman–Crippen LogP) is 4.08. The number of hydrogen-bond acceptors (Lipinski definition) is 3. The largest absolute Gasteiger partial charge is 0.350 e. The van der Waals surface area contributed by atoms with Gasteiger partial charge in [-0.05, 0) is 37.1 Å². The average molecular weight is 439 g/mol. The molecule has 1 N–H and O–H groups in total. The molecule has 0 aliphatic carbocycles. The van der Waals surface area contributed by atoms with E-state index in [1.165, 1.54) is 0 Å². The standard InChI is InChI=1S/C27H26N4O2/c1-19-12-14-21(15-13-19)17-31-25(32)24-29-22-10-6-7-11-23(22)30(24)18-27(31,2)26(33)28-16-20-8-4-3-5-9-20/h3-15H,16-18H2,1-2H3,(H,28,33)/t27-/m0/s1. The van der Waals surface area contributed by atoms with Crippen LogP contribution in [0.25, 0.3) is 11.0 Å². The Bertz CT molecular complexity index is 1330. The maximum absolute atomic E-state index is 13.7. The van der Waals surface area contributed by atoms with Gasteiger partial charge in [0.05, 0.1) is 17.6 Å². The van der Waals surface area contributed by atoms with Gasteiger partial charge in [-0.3, -0.25) is 9.59 Å². The number of carbonyl (C=O) groups excluding carboxylic acids is 2. The van der Waals surface area contributed by atoms with Crippen LogP contribution in [0.5, 0.6) is 0 Å². The number of aromatic nitrogens is 2. The van der Waals surface area contributed by atoms with Crippen LogP contribution in [0.1, 0.15) is 34.2 Å². The van der Waals surface area contributed by atoms with Crippen LogP contribution in [0.2, 0.25) is 0 Å². The lowest BCUT2D eigenvalue weighted by molar-refractivity contribution is -0.133. The SMILES string of the molecule is Cc1ccc(CN2C(=O)c3nc4ccccc4n3C[C@@]2(C)C(=O)NCc2ccccc2)cc1. The number of benzene rings is 3. The van der Waals surface area contributed by atoms with Crippen LogP contribution in [0.4, 0.5) is 0 Å². The summed E-state index contributed by atoms with van der Waals surface area (Å²) < 4.78 is 1.88. The van der Waals surface area contributed by atoms with Gasteiger partial charge in [-0.2, -0.15) is 0 Å². The molecule has 166 valence electrons. The Morgan fingerprint density at radius 3 is 2.42 bits per heavy atom. The Morgan fingerprint density at radius 1 is 0.970 bits per heavy atom. The number of fused-ring (bicyclic) bond motifs is 3. The molecule has 0 bridgehead atoms. The number of amides is 2. The quantitative estimate of drug-likeness (QED) is 0.511. The molecule has 1 aromatic heterocycles. The Labute approximate surface area is 192 Å². The minimum Gasteiger partial charge on any atom is -0.350 e. The number of nitrogens with one attached hydrogen (secondary N) is 1. The van der Waals surface area contributed by atoms with Crippen molar-refractivity contribution in [2.45, 2.75) is 39.0 Å². The van der Waals surface area contributed by atoms with E-state index < -0.39 is 5.54 Å². The summed E-state index contributed by atoms with van der Waals surface area (Å²) in [4.78, 5) is 33.6. The van der Waals surface area contributed by atoms with Crippen LogP contribution in [0.15, 0.2) is 78.9 Å². The maximum atomic E-state index is 13.7. The van der Waals surface area contributed by atoms with Crippen LogP contribution in [-0.2, 0) is 24.4 Å². The van der Waals surface area contributed by atoms with Crippen molar-refractivity contribution in [1.82, 2.24) is 19.8 Å². The first kappa shape index (κ1) is 20.9. The normalized spacial score (nSPS) is 17.8. The lowest BCUT2D eigenvalue weighted by Crippen LogP contribution is -2.63. The van der Waals surface area contributed by atoms with Gasteiger partial charge in [-0.15, -0.1) is 0 Å². The van der Waals surface area contributed by atoms with Gasteiger partial charge in [-0.1, -0.05) is 72.3 Å². The molecule has 0 radical (unpaired) electrons. The maximum Gasteiger partial charge on any atom is 0.291 e. The summed E-state index contributed by atoms with van der Waals surface area (Å²) >= 11 is 0. The Hall–Kier alpha value is -3.93. The minimum atomic E-state index is -1.08. The average Bonchev–Trinajstić information content (AvgIpc) is 3.20. The number of para-hydroxylation sites is 2. The number of hydrogen-bond donors (Lipinski definition) is 1. The summed E-state index contributed by atoms with van der Waals surface area (Å²) in [5, 5.41) is 3.06. The molecule has 1 aliphatic rings. The van der Waals surface area contributed by atoms with E-state index in [4.69, 9.17) is 0 Å². The van der Waals surface area contributed by atoms with E-state index in [0.717, 1.165) is 27.7 Å². The molecule has 0 fully saturated rings. The van der Waals surface area contributed by atoms with E-state index in [1.807, 2.05) is 97.3 Å². The second-order valence-electron chi connectivity index (χ2n) is 8.83. The fourth-order valence-electron chi connectivity index (χ4n) is 4.42. The topological polar surface area (TPSA) is 67.2 Å². The Kier molecular flexibility index (Phi) is 5.21. The number of rotatable bonds is 5. The van der Waals surface area contributed by atoms with Crippen LogP contribution in [0, 0.1) is 6.92 Å². The highest BCUT2D eigenvalue weighted by atomic mass is 16.2. The van der Waals surface area contributed by atoms with Crippen molar-refractivity contribution in [3.05, 3.63) is 101 Å². The molecule has 0 spiro atoms. The minimum absolute atomic E-state index is 0.185.